The lowest BCUT2D eigenvalue weighted by molar-refractivity contribution is -0.156. The Kier molecular flexibility index (Phi) is 3.59. The fraction of sp³-hybridized carbons (Fsp3) is 0.545. The average molecular weight is 223 g/mol. The first-order valence-electron chi connectivity index (χ1n) is 5.06. The van der Waals surface area contributed by atoms with Crippen LogP contribution in [0.5, 0.6) is 0 Å². The third-order valence-electron chi connectivity index (χ3n) is 1.74. The van der Waals surface area contributed by atoms with E-state index in [-0.39, 0.29) is 5.82 Å². The van der Waals surface area contributed by atoms with Crippen molar-refractivity contribution in [3.63, 3.8) is 0 Å². The van der Waals surface area contributed by atoms with Gasteiger partial charge >= 0.3 is 5.97 Å². The second-order valence-electron chi connectivity index (χ2n) is 4.63. The van der Waals surface area contributed by atoms with Crippen LogP contribution < -0.4 is 5.73 Å². The van der Waals surface area contributed by atoms with Crippen LogP contribution >= 0.6 is 0 Å². The van der Waals surface area contributed by atoms with Crippen LogP contribution in [0.4, 0.5) is 0 Å². The van der Waals surface area contributed by atoms with E-state index >= 15 is 0 Å². The summed E-state index contributed by atoms with van der Waals surface area (Å²) in [5, 5.41) is 0. The number of hydrogen-bond acceptors (Lipinski definition) is 5. The molecule has 1 atom stereocenters. The SMILES string of the molecule is Cc1cnc(C(N)C(=O)OC(C)(C)C)nc1. The molecule has 1 aromatic rings. The molecule has 1 unspecified atom stereocenters. The van der Waals surface area contributed by atoms with Crippen LogP contribution in [-0.4, -0.2) is 21.5 Å². The first-order valence-corrected chi connectivity index (χ1v) is 5.06. The molecule has 0 saturated carbocycles. The molecule has 0 aliphatic heterocycles. The summed E-state index contributed by atoms with van der Waals surface area (Å²) in [6, 6.07) is -0.931. The van der Waals surface area contributed by atoms with Gasteiger partial charge in [-0.05, 0) is 33.3 Å². The van der Waals surface area contributed by atoms with Crippen LogP contribution in [0.1, 0.15) is 38.2 Å². The standard InChI is InChI=1S/C11H17N3O2/c1-7-5-13-9(14-6-7)8(12)10(15)16-11(2,3)4/h5-6,8H,12H2,1-4H3. The number of ether oxygens (including phenoxy) is 1. The highest BCUT2D eigenvalue weighted by Crippen LogP contribution is 2.13. The van der Waals surface area contributed by atoms with Crippen molar-refractivity contribution in [2.24, 2.45) is 5.73 Å². The zero-order chi connectivity index (χ0) is 12.3. The van der Waals surface area contributed by atoms with Gasteiger partial charge < -0.3 is 10.5 Å². The number of hydrogen-bond donors (Lipinski definition) is 1. The van der Waals surface area contributed by atoms with Gasteiger partial charge in [0.1, 0.15) is 5.60 Å². The van der Waals surface area contributed by atoms with Crippen LogP contribution in [0.25, 0.3) is 0 Å². The third kappa shape index (κ3) is 3.58. The minimum absolute atomic E-state index is 0.278. The number of aromatic nitrogens is 2. The van der Waals surface area contributed by atoms with E-state index in [0.717, 1.165) is 5.56 Å². The van der Waals surface area contributed by atoms with Crippen molar-refractivity contribution >= 4 is 5.97 Å². The predicted octanol–water partition coefficient (Wildman–Crippen LogP) is 1.13. The maximum atomic E-state index is 11.6. The largest absolute Gasteiger partial charge is 0.458 e. The van der Waals surface area contributed by atoms with E-state index in [0.29, 0.717) is 0 Å². The smallest absolute Gasteiger partial charge is 0.331 e. The van der Waals surface area contributed by atoms with E-state index in [1.54, 1.807) is 33.2 Å². The van der Waals surface area contributed by atoms with Gasteiger partial charge in [0.05, 0.1) is 0 Å². The maximum absolute atomic E-state index is 11.6. The van der Waals surface area contributed by atoms with Gasteiger partial charge in [-0.3, -0.25) is 0 Å². The fourth-order valence-electron chi connectivity index (χ4n) is 1.03. The van der Waals surface area contributed by atoms with Crippen molar-refractivity contribution in [2.75, 3.05) is 0 Å². The molecule has 5 nitrogen and oxygen atoms in total. The van der Waals surface area contributed by atoms with Crippen molar-refractivity contribution in [3.05, 3.63) is 23.8 Å². The van der Waals surface area contributed by atoms with Crippen LogP contribution in [-0.2, 0) is 9.53 Å². The quantitative estimate of drug-likeness (QED) is 0.760. The van der Waals surface area contributed by atoms with Crippen molar-refractivity contribution in [1.29, 1.82) is 0 Å². The number of nitrogens with zero attached hydrogens (tertiary/aromatic N) is 2. The van der Waals surface area contributed by atoms with Gasteiger partial charge in [-0.2, -0.15) is 0 Å². The summed E-state index contributed by atoms with van der Waals surface area (Å²) in [7, 11) is 0. The van der Waals surface area contributed by atoms with Crippen LogP contribution in [0, 0.1) is 6.92 Å². The Morgan fingerprint density at radius 3 is 2.31 bits per heavy atom. The molecule has 2 N–H and O–H groups in total. The zero-order valence-electron chi connectivity index (χ0n) is 10.0. The molecule has 1 rings (SSSR count). The summed E-state index contributed by atoms with van der Waals surface area (Å²) < 4.78 is 5.14. The highest BCUT2D eigenvalue weighted by Gasteiger charge is 2.25. The summed E-state index contributed by atoms with van der Waals surface area (Å²) in [5.41, 5.74) is 6.06. The summed E-state index contributed by atoms with van der Waals surface area (Å²) in [6.07, 6.45) is 3.24. The molecule has 16 heavy (non-hydrogen) atoms. The van der Waals surface area contributed by atoms with Crippen LogP contribution in [0.2, 0.25) is 0 Å². The maximum Gasteiger partial charge on any atom is 0.331 e. The van der Waals surface area contributed by atoms with Gasteiger partial charge in [0.2, 0.25) is 0 Å². The van der Waals surface area contributed by atoms with Crippen molar-refractivity contribution in [3.8, 4) is 0 Å². The van der Waals surface area contributed by atoms with E-state index in [1.807, 2.05) is 6.92 Å². The van der Waals surface area contributed by atoms with Gasteiger partial charge in [0, 0.05) is 12.4 Å². The van der Waals surface area contributed by atoms with E-state index in [9.17, 15) is 4.79 Å². The molecule has 0 fully saturated rings. The fourth-order valence-corrected chi connectivity index (χ4v) is 1.03. The lowest BCUT2D eigenvalue weighted by Crippen LogP contribution is -2.32. The number of nitrogens with two attached hydrogens (primary N) is 1. The summed E-state index contributed by atoms with van der Waals surface area (Å²) in [4.78, 5) is 19.6. The van der Waals surface area contributed by atoms with Crippen LogP contribution in [0.3, 0.4) is 0 Å². The number of carbonyl (C=O) groups excluding carboxylic acids is 1. The van der Waals surface area contributed by atoms with Gasteiger partial charge in [-0.15, -0.1) is 0 Å². The van der Waals surface area contributed by atoms with Crippen molar-refractivity contribution < 1.29 is 9.53 Å². The summed E-state index contributed by atoms with van der Waals surface area (Å²) in [6.45, 7) is 7.22. The normalized spacial score (nSPS) is 13.3. The molecule has 1 heterocycles. The lowest BCUT2D eigenvalue weighted by atomic mass is 10.2. The molecule has 1 aromatic heterocycles. The number of aryl methyl sites for hydroxylation is 1. The molecule has 0 spiro atoms. The minimum atomic E-state index is -0.931. The molecule has 0 aliphatic carbocycles. The van der Waals surface area contributed by atoms with Gasteiger partial charge in [0.15, 0.2) is 11.9 Å². The number of rotatable bonds is 2. The van der Waals surface area contributed by atoms with Crippen molar-refractivity contribution in [1.82, 2.24) is 9.97 Å². The Hall–Kier alpha value is -1.49. The molecule has 0 radical (unpaired) electrons. The lowest BCUT2D eigenvalue weighted by Gasteiger charge is -2.21. The molecular weight excluding hydrogens is 206 g/mol. The highest BCUT2D eigenvalue weighted by atomic mass is 16.6. The molecular formula is C11H17N3O2. The van der Waals surface area contributed by atoms with Gasteiger partial charge in [0.25, 0.3) is 0 Å². The molecule has 0 aromatic carbocycles. The molecule has 0 saturated heterocycles. The van der Waals surface area contributed by atoms with Crippen LogP contribution in [0.15, 0.2) is 12.4 Å². The topological polar surface area (TPSA) is 78.1 Å². The average Bonchev–Trinajstić information content (AvgIpc) is 2.15. The van der Waals surface area contributed by atoms with E-state index in [1.165, 1.54) is 0 Å². The Morgan fingerprint density at radius 2 is 1.88 bits per heavy atom. The third-order valence-corrected chi connectivity index (χ3v) is 1.74. The monoisotopic (exact) mass is 223 g/mol. The first-order chi connectivity index (χ1) is 7.29. The molecule has 0 bridgehead atoms. The summed E-state index contributed by atoms with van der Waals surface area (Å²) >= 11 is 0. The second-order valence-corrected chi connectivity index (χ2v) is 4.63. The van der Waals surface area contributed by atoms with Gasteiger partial charge in [-0.1, -0.05) is 0 Å². The Balaban J connectivity index is 2.74. The van der Waals surface area contributed by atoms with E-state index < -0.39 is 17.6 Å². The zero-order valence-corrected chi connectivity index (χ0v) is 10.0. The Bertz CT molecular complexity index is 368. The van der Waals surface area contributed by atoms with E-state index in [2.05, 4.69) is 9.97 Å². The molecule has 0 amide bonds. The number of carbonyl (C=O) groups is 1. The molecule has 88 valence electrons. The Labute approximate surface area is 95.0 Å². The predicted molar refractivity (Wildman–Crippen MR) is 59.5 cm³/mol. The molecule has 0 aliphatic rings. The highest BCUT2D eigenvalue weighted by molar-refractivity contribution is 5.76. The summed E-state index contributed by atoms with van der Waals surface area (Å²) in [5.74, 6) is -0.240. The second kappa shape index (κ2) is 4.57. The van der Waals surface area contributed by atoms with Gasteiger partial charge in [-0.25, -0.2) is 14.8 Å². The van der Waals surface area contributed by atoms with Crippen molar-refractivity contribution in [2.45, 2.75) is 39.3 Å². The van der Waals surface area contributed by atoms with E-state index in [4.69, 9.17) is 10.5 Å². The first kappa shape index (κ1) is 12.6. The Morgan fingerprint density at radius 1 is 1.38 bits per heavy atom. The molecule has 5 heteroatoms. The number of esters is 1. The minimum Gasteiger partial charge on any atom is -0.458 e.